The fourth-order valence-electron chi connectivity index (χ4n) is 2.56. The Labute approximate surface area is 116 Å². The summed E-state index contributed by atoms with van der Waals surface area (Å²) < 4.78 is 42.2. The van der Waals surface area contributed by atoms with Crippen molar-refractivity contribution in [2.45, 2.75) is 50.9 Å². The minimum atomic E-state index is -4.26. The minimum absolute atomic E-state index is 0.0882. The summed E-state index contributed by atoms with van der Waals surface area (Å²) >= 11 is 0. The van der Waals surface area contributed by atoms with Gasteiger partial charge in [-0.3, -0.25) is 0 Å². The van der Waals surface area contributed by atoms with E-state index in [1.165, 1.54) is 0 Å². The molecule has 1 N–H and O–H groups in total. The number of fused-ring (bicyclic) bond motifs is 1. The Balaban J connectivity index is 1.78. The van der Waals surface area contributed by atoms with E-state index in [1.54, 1.807) is 0 Å². The van der Waals surface area contributed by atoms with Gasteiger partial charge in [-0.25, -0.2) is 0 Å². The number of aliphatic hydroxyl groups excluding tert-OH is 1. The van der Waals surface area contributed by atoms with Crippen LogP contribution in [0.25, 0.3) is 0 Å². The van der Waals surface area contributed by atoms with Gasteiger partial charge in [0.15, 0.2) is 0 Å². The van der Waals surface area contributed by atoms with Crippen LogP contribution in [0.4, 0.5) is 13.2 Å². The number of nitrogens with zero attached hydrogens (tertiary/aromatic N) is 1. The van der Waals surface area contributed by atoms with E-state index in [-0.39, 0.29) is 6.61 Å². The van der Waals surface area contributed by atoms with Gasteiger partial charge >= 0.3 is 6.18 Å². The average molecular weight is 291 g/mol. The lowest BCUT2D eigenvalue weighted by Gasteiger charge is -2.08. The highest BCUT2D eigenvalue weighted by molar-refractivity contribution is 5.27. The highest BCUT2D eigenvalue weighted by atomic mass is 19.4. The standard InChI is InChI=1S/C14H20F3NO2/c15-14(16,17)10-20-7-3-6-18-8-11-4-1-2-5-13(19)12(11)9-18/h8-9,13,19H,1-7,10H2. The zero-order valence-electron chi connectivity index (χ0n) is 11.3. The topological polar surface area (TPSA) is 34.4 Å². The van der Waals surface area contributed by atoms with Gasteiger partial charge < -0.3 is 14.4 Å². The van der Waals surface area contributed by atoms with Crippen molar-refractivity contribution >= 4 is 0 Å². The maximum atomic E-state index is 11.9. The molecule has 1 heterocycles. The zero-order valence-corrected chi connectivity index (χ0v) is 11.3. The molecule has 1 unspecified atom stereocenters. The predicted molar refractivity (Wildman–Crippen MR) is 68.4 cm³/mol. The van der Waals surface area contributed by atoms with Gasteiger partial charge in [0.05, 0.1) is 6.10 Å². The maximum Gasteiger partial charge on any atom is 0.411 e. The van der Waals surface area contributed by atoms with Crippen molar-refractivity contribution < 1.29 is 23.0 Å². The molecule has 1 aliphatic rings. The third-order valence-electron chi connectivity index (χ3n) is 3.50. The molecule has 1 aromatic rings. The van der Waals surface area contributed by atoms with Crippen LogP contribution in [-0.4, -0.2) is 29.1 Å². The van der Waals surface area contributed by atoms with Crippen LogP contribution in [0.5, 0.6) is 0 Å². The zero-order chi connectivity index (χ0) is 14.6. The molecule has 0 spiro atoms. The summed E-state index contributed by atoms with van der Waals surface area (Å²) in [5.41, 5.74) is 2.13. The monoisotopic (exact) mass is 291 g/mol. The smallest absolute Gasteiger partial charge is 0.388 e. The first-order valence-corrected chi connectivity index (χ1v) is 6.97. The number of hydrogen-bond acceptors (Lipinski definition) is 2. The normalized spacial score (nSPS) is 19.7. The van der Waals surface area contributed by atoms with Crippen LogP contribution in [0.3, 0.4) is 0 Å². The summed E-state index contributed by atoms with van der Waals surface area (Å²) in [6.07, 6.45) is 3.62. The number of alkyl halides is 3. The Morgan fingerprint density at radius 3 is 2.85 bits per heavy atom. The Morgan fingerprint density at radius 1 is 1.30 bits per heavy atom. The van der Waals surface area contributed by atoms with Crippen LogP contribution in [0.15, 0.2) is 12.4 Å². The highest BCUT2D eigenvalue weighted by Gasteiger charge is 2.27. The highest BCUT2D eigenvalue weighted by Crippen LogP contribution is 2.29. The molecule has 3 nitrogen and oxygen atoms in total. The van der Waals surface area contributed by atoms with Crippen LogP contribution in [0.2, 0.25) is 0 Å². The SMILES string of the molecule is OC1CCCCc2cn(CCCOCC(F)(F)F)cc21. The fourth-order valence-corrected chi connectivity index (χ4v) is 2.56. The first-order chi connectivity index (χ1) is 9.46. The van der Waals surface area contributed by atoms with Crippen LogP contribution >= 0.6 is 0 Å². The maximum absolute atomic E-state index is 11.9. The fraction of sp³-hybridized carbons (Fsp3) is 0.714. The van der Waals surface area contributed by atoms with Crippen molar-refractivity contribution in [1.29, 1.82) is 0 Å². The third kappa shape index (κ3) is 4.52. The van der Waals surface area contributed by atoms with Gasteiger partial charge in [-0.1, -0.05) is 6.42 Å². The first kappa shape index (κ1) is 15.4. The summed E-state index contributed by atoms with van der Waals surface area (Å²) in [6, 6.07) is 0. The largest absolute Gasteiger partial charge is 0.411 e. The molecule has 114 valence electrons. The van der Waals surface area contributed by atoms with E-state index in [4.69, 9.17) is 0 Å². The molecule has 0 aromatic carbocycles. The third-order valence-corrected chi connectivity index (χ3v) is 3.50. The van der Waals surface area contributed by atoms with Gasteiger partial charge in [0.25, 0.3) is 0 Å². The second-order valence-corrected chi connectivity index (χ2v) is 5.26. The summed E-state index contributed by atoms with van der Waals surface area (Å²) in [6.45, 7) is -0.490. The van der Waals surface area contributed by atoms with Crippen molar-refractivity contribution in [1.82, 2.24) is 4.57 Å². The molecule has 2 rings (SSSR count). The van der Waals surface area contributed by atoms with Crippen molar-refractivity contribution in [2.24, 2.45) is 0 Å². The lowest BCUT2D eigenvalue weighted by Crippen LogP contribution is -2.17. The molecule has 0 radical (unpaired) electrons. The van der Waals surface area contributed by atoms with Crippen molar-refractivity contribution in [3.8, 4) is 0 Å². The quantitative estimate of drug-likeness (QED) is 0.667. The van der Waals surface area contributed by atoms with Crippen LogP contribution in [0, 0.1) is 0 Å². The number of ether oxygens (including phenoxy) is 1. The van der Waals surface area contributed by atoms with Crippen LogP contribution in [0.1, 0.15) is 42.9 Å². The second-order valence-electron chi connectivity index (χ2n) is 5.26. The molecule has 20 heavy (non-hydrogen) atoms. The van der Waals surface area contributed by atoms with E-state index in [1.807, 2.05) is 17.0 Å². The van der Waals surface area contributed by atoms with Gasteiger partial charge in [-0.15, -0.1) is 0 Å². The molecular weight excluding hydrogens is 271 g/mol. The van der Waals surface area contributed by atoms with Gasteiger partial charge in [0.1, 0.15) is 6.61 Å². The number of halogens is 3. The lowest BCUT2D eigenvalue weighted by atomic mass is 10.1. The number of aromatic nitrogens is 1. The van der Waals surface area contributed by atoms with Gasteiger partial charge in [-0.05, 0) is 31.2 Å². The van der Waals surface area contributed by atoms with Gasteiger partial charge in [-0.2, -0.15) is 13.2 Å². The predicted octanol–water partition coefficient (Wildman–Crippen LogP) is 3.22. The summed E-state index contributed by atoms with van der Waals surface area (Å²) in [7, 11) is 0. The first-order valence-electron chi connectivity index (χ1n) is 6.97. The van der Waals surface area contributed by atoms with Crippen molar-refractivity contribution in [3.63, 3.8) is 0 Å². The molecule has 0 amide bonds. The Hall–Kier alpha value is -1.01. The molecule has 0 aliphatic heterocycles. The minimum Gasteiger partial charge on any atom is -0.388 e. The Kier molecular flexibility index (Phi) is 5.10. The van der Waals surface area contributed by atoms with Gasteiger partial charge in [0.2, 0.25) is 0 Å². The summed E-state index contributed by atoms with van der Waals surface area (Å²) in [5, 5.41) is 9.99. The van der Waals surface area contributed by atoms with E-state index in [9.17, 15) is 18.3 Å². The molecule has 0 fully saturated rings. The lowest BCUT2D eigenvalue weighted by molar-refractivity contribution is -0.174. The van der Waals surface area contributed by atoms with Crippen molar-refractivity contribution in [3.05, 3.63) is 23.5 Å². The number of rotatable bonds is 5. The number of aliphatic hydroxyl groups is 1. The van der Waals surface area contributed by atoms with Gasteiger partial charge in [0, 0.05) is 31.1 Å². The molecule has 0 saturated carbocycles. The molecule has 1 atom stereocenters. The number of hydrogen-bond donors (Lipinski definition) is 1. The number of aryl methyl sites for hydroxylation is 2. The van der Waals surface area contributed by atoms with E-state index in [0.717, 1.165) is 36.8 Å². The molecule has 1 aromatic heterocycles. The van der Waals surface area contributed by atoms with E-state index in [0.29, 0.717) is 13.0 Å². The molecule has 0 saturated heterocycles. The molecular formula is C14H20F3NO2. The Morgan fingerprint density at radius 2 is 2.10 bits per heavy atom. The Bertz CT molecular complexity index is 429. The van der Waals surface area contributed by atoms with Crippen LogP contribution in [-0.2, 0) is 17.7 Å². The average Bonchev–Trinajstić information content (AvgIpc) is 2.68. The summed E-state index contributed by atoms with van der Waals surface area (Å²) in [4.78, 5) is 0. The van der Waals surface area contributed by atoms with E-state index < -0.39 is 18.9 Å². The molecule has 1 aliphatic carbocycles. The molecule has 6 heteroatoms. The van der Waals surface area contributed by atoms with Crippen LogP contribution < -0.4 is 0 Å². The van der Waals surface area contributed by atoms with Crippen molar-refractivity contribution in [2.75, 3.05) is 13.2 Å². The van der Waals surface area contributed by atoms with E-state index >= 15 is 0 Å². The second kappa shape index (κ2) is 6.63. The summed E-state index contributed by atoms with van der Waals surface area (Å²) in [5.74, 6) is 0. The van der Waals surface area contributed by atoms with E-state index in [2.05, 4.69) is 4.74 Å². The molecule has 0 bridgehead atoms.